The summed E-state index contributed by atoms with van der Waals surface area (Å²) >= 11 is 1.38. The van der Waals surface area contributed by atoms with Crippen LogP contribution in [0.2, 0.25) is 0 Å². The molecule has 0 saturated carbocycles. The molecular formula is C16H26N2O3S. The fraction of sp³-hybridized carbons (Fsp3) is 0.688. The van der Waals surface area contributed by atoms with Gasteiger partial charge >= 0.3 is 5.97 Å². The van der Waals surface area contributed by atoms with Crippen LogP contribution in [-0.4, -0.2) is 28.5 Å². The largest absolute Gasteiger partial charge is 0.481 e. The smallest absolute Gasteiger partial charge is 0.303 e. The van der Waals surface area contributed by atoms with Crippen molar-refractivity contribution in [1.82, 2.24) is 10.3 Å². The summed E-state index contributed by atoms with van der Waals surface area (Å²) in [6.45, 7) is 6.81. The second kappa shape index (κ2) is 8.88. The zero-order valence-corrected chi connectivity index (χ0v) is 14.5. The molecule has 0 fully saturated rings. The van der Waals surface area contributed by atoms with Gasteiger partial charge in [-0.25, -0.2) is 4.98 Å². The fourth-order valence-electron chi connectivity index (χ4n) is 2.16. The average Bonchev–Trinajstić information content (AvgIpc) is 2.90. The second-order valence-corrected chi connectivity index (χ2v) is 7.30. The van der Waals surface area contributed by atoms with E-state index in [1.807, 2.05) is 0 Å². The molecule has 0 aliphatic rings. The highest BCUT2D eigenvalue weighted by atomic mass is 32.1. The Balaban J connectivity index is 2.22. The van der Waals surface area contributed by atoms with Crippen LogP contribution in [0.1, 0.15) is 74.7 Å². The minimum Gasteiger partial charge on any atom is -0.481 e. The fourth-order valence-corrected chi connectivity index (χ4v) is 3.07. The molecule has 1 aromatic heterocycles. The summed E-state index contributed by atoms with van der Waals surface area (Å²) in [5.41, 5.74) is 2.44. The number of carboxylic acid groups (broad SMARTS) is 1. The SMILES string of the molecule is CC(C)(C)c1ncsc1C(=O)NCCCCCCCC(=O)O. The Kier molecular flexibility index (Phi) is 7.51. The number of aliphatic carboxylic acids is 1. The first kappa shape index (κ1) is 18.6. The summed E-state index contributed by atoms with van der Waals surface area (Å²) in [5.74, 6) is -0.773. The van der Waals surface area contributed by atoms with Gasteiger partial charge in [-0.1, -0.05) is 40.0 Å². The maximum absolute atomic E-state index is 12.2. The summed E-state index contributed by atoms with van der Waals surface area (Å²) in [6, 6.07) is 0. The zero-order chi connectivity index (χ0) is 16.6. The molecule has 0 unspecified atom stereocenters. The molecule has 0 aliphatic heterocycles. The molecule has 22 heavy (non-hydrogen) atoms. The van der Waals surface area contributed by atoms with Gasteiger partial charge in [0.05, 0.1) is 11.2 Å². The van der Waals surface area contributed by atoms with Crippen molar-refractivity contribution in [3.63, 3.8) is 0 Å². The first-order valence-electron chi connectivity index (χ1n) is 7.76. The van der Waals surface area contributed by atoms with E-state index in [-0.39, 0.29) is 17.7 Å². The standard InChI is InChI=1S/C16H26N2O3S/c1-16(2,3)14-13(22-11-18-14)15(21)17-10-8-6-4-5-7-9-12(19)20/h11H,4-10H2,1-3H3,(H,17,21)(H,19,20). The molecule has 1 rings (SSSR count). The molecule has 124 valence electrons. The van der Waals surface area contributed by atoms with Crippen LogP contribution in [0, 0.1) is 0 Å². The maximum Gasteiger partial charge on any atom is 0.303 e. The molecule has 6 heteroatoms. The quantitative estimate of drug-likeness (QED) is 0.680. The van der Waals surface area contributed by atoms with Gasteiger partial charge in [-0.15, -0.1) is 11.3 Å². The van der Waals surface area contributed by atoms with Crippen molar-refractivity contribution >= 4 is 23.2 Å². The van der Waals surface area contributed by atoms with E-state index in [9.17, 15) is 9.59 Å². The number of unbranched alkanes of at least 4 members (excludes halogenated alkanes) is 4. The monoisotopic (exact) mass is 326 g/mol. The van der Waals surface area contributed by atoms with Gasteiger partial charge in [0, 0.05) is 18.4 Å². The number of thiazole rings is 1. The third-order valence-electron chi connectivity index (χ3n) is 3.34. The van der Waals surface area contributed by atoms with Gasteiger partial charge in [0.25, 0.3) is 5.91 Å². The van der Waals surface area contributed by atoms with Gasteiger partial charge in [-0.3, -0.25) is 9.59 Å². The van der Waals surface area contributed by atoms with E-state index in [2.05, 4.69) is 31.1 Å². The van der Waals surface area contributed by atoms with Gasteiger partial charge < -0.3 is 10.4 Å². The van der Waals surface area contributed by atoms with Gasteiger partial charge in [0.1, 0.15) is 4.88 Å². The van der Waals surface area contributed by atoms with Crippen molar-refractivity contribution in [2.75, 3.05) is 6.54 Å². The highest BCUT2D eigenvalue weighted by molar-refractivity contribution is 7.11. The third-order valence-corrected chi connectivity index (χ3v) is 4.16. The predicted octanol–water partition coefficient (Wildman–Crippen LogP) is 3.60. The van der Waals surface area contributed by atoms with E-state index in [0.717, 1.165) is 37.8 Å². The predicted molar refractivity (Wildman–Crippen MR) is 88.5 cm³/mol. The molecule has 5 nitrogen and oxygen atoms in total. The van der Waals surface area contributed by atoms with Crippen molar-refractivity contribution in [2.24, 2.45) is 0 Å². The van der Waals surface area contributed by atoms with Crippen molar-refractivity contribution in [2.45, 2.75) is 64.7 Å². The molecule has 2 N–H and O–H groups in total. The normalized spacial score (nSPS) is 11.4. The van der Waals surface area contributed by atoms with Crippen LogP contribution in [0.25, 0.3) is 0 Å². The molecule has 1 aromatic rings. The summed E-state index contributed by atoms with van der Waals surface area (Å²) in [7, 11) is 0. The molecule has 0 saturated heterocycles. The number of aromatic nitrogens is 1. The Hall–Kier alpha value is -1.43. The van der Waals surface area contributed by atoms with E-state index in [0.29, 0.717) is 11.4 Å². The van der Waals surface area contributed by atoms with Crippen LogP contribution >= 0.6 is 11.3 Å². The van der Waals surface area contributed by atoms with Crippen molar-refractivity contribution < 1.29 is 14.7 Å². The van der Waals surface area contributed by atoms with Crippen LogP contribution in [0.4, 0.5) is 0 Å². The van der Waals surface area contributed by atoms with E-state index in [1.54, 1.807) is 5.51 Å². The van der Waals surface area contributed by atoms with E-state index >= 15 is 0 Å². The number of amides is 1. The lowest BCUT2D eigenvalue weighted by atomic mass is 9.91. The highest BCUT2D eigenvalue weighted by Crippen LogP contribution is 2.26. The van der Waals surface area contributed by atoms with Crippen LogP contribution in [-0.2, 0) is 10.2 Å². The zero-order valence-electron chi connectivity index (χ0n) is 13.6. The van der Waals surface area contributed by atoms with Gasteiger partial charge in [0.2, 0.25) is 0 Å². The minimum absolute atomic E-state index is 0.0432. The number of nitrogens with zero attached hydrogens (tertiary/aromatic N) is 1. The highest BCUT2D eigenvalue weighted by Gasteiger charge is 2.24. The molecule has 0 spiro atoms. The first-order chi connectivity index (χ1) is 10.3. The Morgan fingerprint density at radius 2 is 1.82 bits per heavy atom. The molecule has 0 atom stereocenters. The minimum atomic E-state index is -0.730. The lowest BCUT2D eigenvalue weighted by Gasteiger charge is -2.17. The first-order valence-corrected chi connectivity index (χ1v) is 8.64. The van der Waals surface area contributed by atoms with Gasteiger partial charge in [-0.05, 0) is 12.8 Å². The Morgan fingerprint density at radius 3 is 2.45 bits per heavy atom. The molecular weight excluding hydrogens is 300 g/mol. The number of hydrogen-bond donors (Lipinski definition) is 2. The third kappa shape index (κ3) is 6.56. The molecule has 0 bridgehead atoms. The van der Waals surface area contributed by atoms with E-state index < -0.39 is 5.97 Å². The van der Waals surface area contributed by atoms with Crippen LogP contribution in [0.15, 0.2) is 5.51 Å². The number of carbonyl (C=O) groups excluding carboxylic acids is 1. The van der Waals surface area contributed by atoms with Crippen molar-refractivity contribution in [3.05, 3.63) is 16.1 Å². The Labute approximate surface area is 136 Å². The van der Waals surface area contributed by atoms with Crippen molar-refractivity contribution in [3.8, 4) is 0 Å². The molecule has 1 amide bonds. The number of hydrogen-bond acceptors (Lipinski definition) is 4. The summed E-state index contributed by atoms with van der Waals surface area (Å²) < 4.78 is 0. The van der Waals surface area contributed by atoms with Gasteiger partial charge in [0.15, 0.2) is 0 Å². The lowest BCUT2D eigenvalue weighted by Crippen LogP contribution is -2.27. The number of carbonyl (C=O) groups is 2. The Bertz CT molecular complexity index is 492. The lowest BCUT2D eigenvalue weighted by molar-refractivity contribution is -0.137. The molecule has 0 radical (unpaired) electrons. The summed E-state index contributed by atoms with van der Waals surface area (Å²) in [4.78, 5) is 27.6. The van der Waals surface area contributed by atoms with Crippen LogP contribution < -0.4 is 5.32 Å². The molecule has 1 heterocycles. The average molecular weight is 326 g/mol. The maximum atomic E-state index is 12.2. The summed E-state index contributed by atoms with van der Waals surface area (Å²) in [5, 5.41) is 11.5. The second-order valence-electron chi connectivity index (χ2n) is 6.45. The van der Waals surface area contributed by atoms with Gasteiger partial charge in [-0.2, -0.15) is 0 Å². The molecule has 0 aliphatic carbocycles. The van der Waals surface area contributed by atoms with Crippen LogP contribution in [0.3, 0.4) is 0 Å². The van der Waals surface area contributed by atoms with E-state index in [1.165, 1.54) is 11.3 Å². The van der Waals surface area contributed by atoms with Crippen LogP contribution in [0.5, 0.6) is 0 Å². The number of nitrogens with one attached hydrogen (secondary N) is 1. The van der Waals surface area contributed by atoms with Crippen molar-refractivity contribution in [1.29, 1.82) is 0 Å². The van der Waals surface area contributed by atoms with E-state index in [4.69, 9.17) is 5.11 Å². The number of carboxylic acids is 1. The summed E-state index contributed by atoms with van der Waals surface area (Å²) in [6.07, 6.45) is 4.85. The molecule has 0 aromatic carbocycles. The number of rotatable bonds is 9. The topological polar surface area (TPSA) is 79.3 Å². The Morgan fingerprint density at radius 1 is 1.18 bits per heavy atom.